The Balaban J connectivity index is 1.92. The van der Waals surface area contributed by atoms with E-state index in [9.17, 15) is 9.59 Å². The number of nitrogens with one attached hydrogen (secondary N) is 3. The van der Waals surface area contributed by atoms with Crippen molar-refractivity contribution in [3.63, 3.8) is 0 Å². The molecule has 3 N–H and O–H groups in total. The molecule has 0 aromatic heterocycles. The Morgan fingerprint density at radius 3 is 2.24 bits per heavy atom. The first-order valence-electron chi connectivity index (χ1n) is 9.25. The van der Waals surface area contributed by atoms with Crippen LogP contribution in [0.25, 0.3) is 0 Å². The minimum absolute atomic E-state index is 0.0502. The zero-order valence-corrected chi connectivity index (χ0v) is 18.9. The van der Waals surface area contributed by atoms with E-state index in [0.717, 1.165) is 6.42 Å². The maximum Gasteiger partial charge on any atom is 0.257 e. The number of ether oxygens (including phenoxy) is 1. The van der Waals surface area contributed by atoms with Gasteiger partial charge in [-0.1, -0.05) is 20.8 Å². The number of carbonyl (C=O) groups is 2. The summed E-state index contributed by atoms with van der Waals surface area (Å²) in [6.45, 7) is 6.30. The highest BCUT2D eigenvalue weighted by Crippen LogP contribution is 2.26. The number of hydrogen-bond acceptors (Lipinski definition) is 4. The predicted octanol–water partition coefficient (Wildman–Crippen LogP) is 4.96. The van der Waals surface area contributed by atoms with Gasteiger partial charge in [0, 0.05) is 22.9 Å². The molecular formula is C21H24BrN3O3S. The third-order valence-electron chi connectivity index (χ3n) is 3.82. The largest absolute Gasteiger partial charge is 0.492 e. The SMILES string of the molecule is CCCOc1ccc(C(=O)NC(=S)Nc2ccc(NC(=O)C(C)C)cc2)cc1Br. The van der Waals surface area contributed by atoms with Gasteiger partial charge in [-0.15, -0.1) is 0 Å². The van der Waals surface area contributed by atoms with Crippen molar-refractivity contribution in [1.29, 1.82) is 0 Å². The molecule has 2 amide bonds. The van der Waals surface area contributed by atoms with E-state index in [-0.39, 0.29) is 22.8 Å². The summed E-state index contributed by atoms with van der Waals surface area (Å²) in [5.74, 6) is 0.216. The second kappa shape index (κ2) is 10.9. The molecule has 0 spiro atoms. The van der Waals surface area contributed by atoms with Crippen molar-refractivity contribution in [1.82, 2.24) is 5.32 Å². The van der Waals surface area contributed by atoms with Crippen molar-refractivity contribution in [2.45, 2.75) is 27.2 Å². The highest BCUT2D eigenvalue weighted by atomic mass is 79.9. The van der Waals surface area contributed by atoms with Crippen LogP contribution in [-0.4, -0.2) is 23.5 Å². The van der Waals surface area contributed by atoms with Gasteiger partial charge < -0.3 is 15.4 Å². The maximum absolute atomic E-state index is 12.4. The fourth-order valence-electron chi connectivity index (χ4n) is 2.23. The Labute approximate surface area is 184 Å². The fraction of sp³-hybridized carbons (Fsp3) is 0.286. The quantitative estimate of drug-likeness (QED) is 0.491. The van der Waals surface area contributed by atoms with E-state index < -0.39 is 0 Å². The smallest absolute Gasteiger partial charge is 0.257 e. The summed E-state index contributed by atoms with van der Waals surface area (Å²) >= 11 is 8.63. The molecule has 0 atom stereocenters. The summed E-state index contributed by atoms with van der Waals surface area (Å²) in [5.41, 5.74) is 1.85. The first-order chi connectivity index (χ1) is 13.8. The average Bonchev–Trinajstić information content (AvgIpc) is 2.68. The lowest BCUT2D eigenvalue weighted by atomic mass is 10.2. The van der Waals surface area contributed by atoms with Gasteiger partial charge in [-0.2, -0.15) is 0 Å². The molecule has 0 aliphatic rings. The number of hydrogen-bond donors (Lipinski definition) is 3. The van der Waals surface area contributed by atoms with Crippen LogP contribution in [0.1, 0.15) is 37.6 Å². The van der Waals surface area contributed by atoms with Crippen molar-refractivity contribution in [2.75, 3.05) is 17.2 Å². The molecule has 0 aliphatic heterocycles. The van der Waals surface area contributed by atoms with Gasteiger partial charge in [0.1, 0.15) is 5.75 Å². The summed E-state index contributed by atoms with van der Waals surface area (Å²) in [6, 6.07) is 12.2. The molecule has 2 aromatic rings. The highest BCUT2D eigenvalue weighted by molar-refractivity contribution is 9.10. The molecule has 8 heteroatoms. The Hall–Kier alpha value is -2.45. The molecule has 2 aromatic carbocycles. The topological polar surface area (TPSA) is 79.5 Å². The van der Waals surface area contributed by atoms with Crippen LogP contribution >= 0.6 is 28.1 Å². The number of amides is 2. The second-order valence-corrected chi connectivity index (χ2v) is 7.89. The molecule has 2 rings (SSSR count). The van der Waals surface area contributed by atoms with Crippen LogP contribution in [0.5, 0.6) is 5.75 Å². The maximum atomic E-state index is 12.4. The number of rotatable bonds is 7. The summed E-state index contributed by atoms with van der Waals surface area (Å²) in [5, 5.41) is 8.59. The summed E-state index contributed by atoms with van der Waals surface area (Å²) in [6.07, 6.45) is 0.902. The molecule has 6 nitrogen and oxygen atoms in total. The van der Waals surface area contributed by atoms with Gasteiger partial charge in [-0.05, 0) is 77.0 Å². The summed E-state index contributed by atoms with van der Waals surface area (Å²) < 4.78 is 6.29. The minimum atomic E-state index is -0.328. The first-order valence-corrected chi connectivity index (χ1v) is 10.5. The van der Waals surface area contributed by atoms with Crippen LogP contribution in [0.2, 0.25) is 0 Å². The second-order valence-electron chi connectivity index (χ2n) is 6.62. The monoisotopic (exact) mass is 477 g/mol. The standard InChI is InChI=1S/C21H24BrN3O3S/c1-4-11-28-18-10-5-14(12-17(18)22)20(27)25-21(29)24-16-8-6-15(7-9-16)23-19(26)13(2)3/h5-10,12-13H,4,11H2,1-3H3,(H,23,26)(H2,24,25,27,29). The molecule has 154 valence electrons. The van der Waals surface area contributed by atoms with Crippen LogP contribution in [-0.2, 0) is 4.79 Å². The van der Waals surface area contributed by atoms with Gasteiger partial charge in [0.05, 0.1) is 11.1 Å². The number of benzene rings is 2. The first kappa shape index (κ1) is 22.8. The van der Waals surface area contributed by atoms with Crippen LogP contribution in [0, 0.1) is 5.92 Å². The van der Waals surface area contributed by atoms with Crippen LogP contribution < -0.4 is 20.7 Å². The normalized spacial score (nSPS) is 10.4. The molecule has 0 saturated heterocycles. The van der Waals surface area contributed by atoms with E-state index in [1.54, 1.807) is 42.5 Å². The van der Waals surface area contributed by atoms with Crippen LogP contribution in [0.15, 0.2) is 46.9 Å². The molecular weight excluding hydrogens is 454 g/mol. The van der Waals surface area contributed by atoms with Crippen molar-refractivity contribution >= 4 is 56.4 Å². The van der Waals surface area contributed by atoms with E-state index in [1.807, 2.05) is 20.8 Å². The van der Waals surface area contributed by atoms with Crippen molar-refractivity contribution < 1.29 is 14.3 Å². The lowest BCUT2D eigenvalue weighted by molar-refractivity contribution is -0.118. The van der Waals surface area contributed by atoms with Crippen LogP contribution in [0.4, 0.5) is 11.4 Å². The molecule has 0 bridgehead atoms. The van der Waals surface area contributed by atoms with Gasteiger partial charge >= 0.3 is 0 Å². The van der Waals surface area contributed by atoms with E-state index in [2.05, 4.69) is 31.9 Å². The van der Waals surface area contributed by atoms with Gasteiger partial charge in [0.25, 0.3) is 5.91 Å². The van der Waals surface area contributed by atoms with Gasteiger partial charge in [-0.3, -0.25) is 14.9 Å². The van der Waals surface area contributed by atoms with Gasteiger partial charge in [-0.25, -0.2) is 0 Å². The zero-order valence-electron chi connectivity index (χ0n) is 16.5. The molecule has 0 saturated carbocycles. The molecule has 0 unspecified atom stereocenters. The lowest BCUT2D eigenvalue weighted by Crippen LogP contribution is -2.34. The van der Waals surface area contributed by atoms with E-state index in [1.165, 1.54) is 0 Å². The third-order valence-corrected chi connectivity index (χ3v) is 4.64. The van der Waals surface area contributed by atoms with E-state index in [0.29, 0.717) is 33.8 Å². The van der Waals surface area contributed by atoms with Gasteiger partial charge in [0.2, 0.25) is 5.91 Å². The van der Waals surface area contributed by atoms with E-state index in [4.69, 9.17) is 17.0 Å². The fourth-order valence-corrected chi connectivity index (χ4v) is 2.94. The van der Waals surface area contributed by atoms with Crippen molar-refractivity contribution in [3.8, 4) is 5.75 Å². The Kier molecular flexibility index (Phi) is 8.60. The lowest BCUT2D eigenvalue weighted by Gasteiger charge is -2.12. The van der Waals surface area contributed by atoms with Crippen molar-refractivity contribution in [3.05, 3.63) is 52.5 Å². The van der Waals surface area contributed by atoms with E-state index >= 15 is 0 Å². The minimum Gasteiger partial charge on any atom is -0.492 e. The molecule has 0 heterocycles. The number of halogens is 1. The average molecular weight is 478 g/mol. The Bertz CT molecular complexity index is 885. The predicted molar refractivity (Wildman–Crippen MR) is 124 cm³/mol. The Morgan fingerprint density at radius 2 is 1.69 bits per heavy atom. The molecule has 0 radical (unpaired) electrons. The van der Waals surface area contributed by atoms with Crippen LogP contribution in [0.3, 0.4) is 0 Å². The van der Waals surface area contributed by atoms with Gasteiger partial charge in [0.15, 0.2) is 5.11 Å². The zero-order chi connectivity index (χ0) is 21.4. The number of anilines is 2. The summed E-state index contributed by atoms with van der Waals surface area (Å²) in [7, 11) is 0. The number of thiocarbonyl (C=S) groups is 1. The summed E-state index contributed by atoms with van der Waals surface area (Å²) in [4.78, 5) is 24.1. The van der Waals surface area contributed by atoms with Crippen molar-refractivity contribution in [2.24, 2.45) is 5.92 Å². The highest BCUT2D eigenvalue weighted by Gasteiger charge is 2.11. The number of carbonyl (C=O) groups excluding carboxylic acids is 2. The molecule has 29 heavy (non-hydrogen) atoms. The molecule has 0 aliphatic carbocycles. The third kappa shape index (κ3) is 7.14. The molecule has 0 fully saturated rings. The Morgan fingerprint density at radius 1 is 1.07 bits per heavy atom.